The van der Waals surface area contributed by atoms with Crippen LogP contribution in [0.15, 0.2) is 47.7 Å². The van der Waals surface area contributed by atoms with E-state index in [2.05, 4.69) is 10.1 Å². The number of carbonyl (C=O) groups is 2. The lowest BCUT2D eigenvalue weighted by Gasteiger charge is -2.16. The minimum absolute atomic E-state index is 0.268. The second kappa shape index (κ2) is 8.08. The molecule has 0 atom stereocenters. The number of aromatic nitrogens is 1. The molecule has 2 aromatic carbocycles. The van der Waals surface area contributed by atoms with E-state index in [1.54, 1.807) is 0 Å². The maximum absolute atomic E-state index is 12.5. The predicted molar refractivity (Wildman–Crippen MR) is 110 cm³/mol. The SMILES string of the molecule is CC(=O)N(N=Cc1cccc2[nH]ccc12)C(=O)COc1c(C)cc(C)cc1C. The van der Waals surface area contributed by atoms with E-state index in [1.807, 2.05) is 63.4 Å². The van der Waals surface area contributed by atoms with E-state index in [0.717, 1.165) is 38.2 Å². The van der Waals surface area contributed by atoms with Crippen LogP contribution in [0.2, 0.25) is 0 Å². The Morgan fingerprint density at radius 3 is 2.54 bits per heavy atom. The first kappa shape index (κ1) is 19.4. The lowest BCUT2D eigenvalue weighted by Crippen LogP contribution is -2.34. The third-order valence-corrected chi connectivity index (χ3v) is 4.42. The standard InChI is InChI=1S/C22H23N3O3/c1-14-10-15(2)22(16(3)11-14)28-13-21(27)25(17(4)26)24-12-18-6-5-7-20-19(18)8-9-23-20/h5-12,23H,13H2,1-4H3. The molecule has 0 saturated heterocycles. The van der Waals surface area contributed by atoms with Crippen LogP contribution in [0.5, 0.6) is 5.75 Å². The van der Waals surface area contributed by atoms with E-state index in [4.69, 9.17) is 4.74 Å². The Hall–Kier alpha value is -3.41. The molecule has 2 amide bonds. The highest BCUT2D eigenvalue weighted by molar-refractivity contribution is 6.00. The summed E-state index contributed by atoms with van der Waals surface area (Å²) in [5.41, 5.74) is 4.79. The Bertz CT molecular complexity index is 1040. The summed E-state index contributed by atoms with van der Waals surface area (Å²) in [6, 6.07) is 11.6. The fourth-order valence-electron chi connectivity index (χ4n) is 3.25. The number of nitrogens with one attached hydrogen (secondary N) is 1. The molecule has 3 rings (SSSR count). The number of H-pyrrole nitrogens is 1. The summed E-state index contributed by atoms with van der Waals surface area (Å²) in [6.07, 6.45) is 3.34. The van der Waals surface area contributed by atoms with Crippen molar-refractivity contribution >= 4 is 28.9 Å². The number of amides is 2. The molecule has 1 heterocycles. The molecular formula is C22H23N3O3. The third-order valence-electron chi connectivity index (χ3n) is 4.42. The summed E-state index contributed by atoms with van der Waals surface area (Å²) >= 11 is 0. The van der Waals surface area contributed by atoms with Crippen molar-refractivity contribution in [1.29, 1.82) is 0 Å². The van der Waals surface area contributed by atoms with E-state index in [1.165, 1.54) is 13.1 Å². The zero-order valence-corrected chi connectivity index (χ0v) is 16.4. The molecule has 28 heavy (non-hydrogen) atoms. The van der Waals surface area contributed by atoms with Crippen LogP contribution in [0.3, 0.4) is 0 Å². The van der Waals surface area contributed by atoms with Crippen LogP contribution in [0, 0.1) is 20.8 Å². The first-order valence-corrected chi connectivity index (χ1v) is 9.01. The second-order valence-electron chi connectivity index (χ2n) is 6.77. The van der Waals surface area contributed by atoms with Crippen molar-refractivity contribution in [2.75, 3.05) is 6.61 Å². The number of imide groups is 1. The number of nitrogens with zero attached hydrogens (tertiary/aromatic N) is 2. The van der Waals surface area contributed by atoms with Gasteiger partial charge < -0.3 is 9.72 Å². The van der Waals surface area contributed by atoms with Gasteiger partial charge in [-0.05, 0) is 44.0 Å². The number of carbonyl (C=O) groups excluding carboxylic acids is 2. The van der Waals surface area contributed by atoms with Gasteiger partial charge in [-0.15, -0.1) is 0 Å². The maximum atomic E-state index is 12.5. The van der Waals surface area contributed by atoms with Crippen molar-refractivity contribution in [3.63, 3.8) is 0 Å². The van der Waals surface area contributed by atoms with E-state index in [-0.39, 0.29) is 6.61 Å². The number of benzene rings is 2. The van der Waals surface area contributed by atoms with E-state index in [0.29, 0.717) is 5.75 Å². The summed E-state index contributed by atoms with van der Waals surface area (Å²) in [7, 11) is 0. The molecule has 6 heteroatoms. The molecule has 1 aromatic heterocycles. The topological polar surface area (TPSA) is 74.8 Å². The number of ether oxygens (including phenoxy) is 1. The number of aromatic amines is 1. The highest BCUT2D eigenvalue weighted by Crippen LogP contribution is 2.24. The fraction of sp³-hybridized carbons (Fsp3) is 0.227. The normalized spacial score (nSPS) is 11.1. The smallest absolute Gasteiger partial charge is 0.287 e. The molecule has 0 aliphatic rings. The largest absolute Gasteiger partial charge is 0.483 e. The summed E-state index contributed by atoms with van der Waals surface area (Å²) in [6.45, 7) is 6.90. The van der Waals surface area contributed by atoms with E-state index in [9.17, 15) is 9.59 Å². The summed E-state index contributed by atoms with van der Waals surface area (Å²) in [5, 5.41) is 5.91. The van der Waals surface area contributed by atoms with Gasteiger partial charge in [-0.1, -0.05) is 29.8 Å². The lowest BCUT2D eigenvalue weighted by molar-refractivity contribution is -0.144. The highest BCUT2D eigenvalue weighted by atomic mass is 16.5. The van der Waals surface area contributed by atoms with Crippen LogP contribution < -0.4 is 4.74 Å². The Kier molecular flexibility index (Phi) is 5.59. The molecule has 6 nitrogen and oxygen atoms in total. The van der Waals surface area contributed by atoms with Crippen LogP contribution in [-0.2, 0) is 9.59 Å². The second-order valence-corrected chi connectivity index (χ2v) is 6.77. The third kappa shape index (κ3) is 4.11. The van der Waals surface area contributed by atoms with Crippen LogP contribution >= 0.6 is 0 Å². The predicted octanol–water partition coefficient (Wildman–Crippen LogP) is 3.88. The summed E-state index contributed by atoms with van der Waals surface area (Å²) < 4.78 is 5.70. The number of rotatable bonds is 5. The monoisotopic (exact) mass is 377 g/mol. The molecule has 0 fully saturated rings. The lowest BCUT2D eigenvalue weighted by atomic mass is 10.1. The van der Waals surface area contributed by atoms with Crippen LogP contribution in [0.25, 0.3) is 10.9 Å². The number of fused-ring (bicyclic) bond motifs is 1. The van der Waals surface area contributed by atoms with Crippen LogP contribution in [0.4, 0.5) is 0 Å². The average Bonchev–Trinajstić information content (AvgIpc) is 3.10. The highest BCUT2D eigenvalue weighted by Gasteiger charge is 2.19. The van der Waals surface area contributed by atoms with Crippen molar-refractivity contribution < 1.29 is 14.3 Å². The molecule has 0 aliphatic heterocycles. The molecule has 0 spiro atoms. The van der Waals surface area contributed by atoms with Crippen molar-refractivity contribution in [3.05, 3.63) is 64.8 Å². The molecule has 0 aliphatic carbocycles. The van der Waals surface area contributed by atoms with Gasteiger partial charge in [0.05, 0.1) is 6.21 Å². The van der Waals surface area contributed by atoms with Crippen molar-refractivity contribution in [1.82, 2.24) is 9.99 Å². The Morgan fingerprint density at radius 1 is 1.14 bits per heavy atom. The molecule has 0 saturated carbocycles. The fourth-order valence-corrected chi connectivity index (χ4v) is 3.25. The van der Waals surface area contributed by atoms with Gasteiger partial charge in [0, 0.05) is 29.6 Å². The van der Waals surface area contributed by atoms with Crippen molar-refractivity contribution in [2.45, 2.75) is 27.7 Å². The molecule has 1 N–H and O–H groups in total. The number of hydrazone groups is 1. The quantitative estimate of drug-likeness (QED) is 0.542. The molecule has 0 radical (unpaired) electrons. The maximum Gasteiger partial charge on any atom is 0.287 e. The van der Waals surface area contributed by atoms with Crippen LogP contribution in [0.1, 0.15) is 29.2 Å². The Labute approximate surface area is 163 Å². The van der Waals surface area contributed by atoms with Crippen molar-refractivity contribution in [2.24, 2.45) is 5.10 Å². The Balaban J connectivity index is 1.76. The molecule has 0 unspecified atom stereocenters. The van der Waals surface area contributed by atoms with Gasteiger partial charge in [0.1, 0.15) is 5.75 Å². The van der Waals surface area contributed by atoms with Gasteiger partial charge in [0.15, 0.2) is 6.61 Å². The zero-order chi connectivity index (χ0) is 20.3. The molecule has 3 aromatic rings. The number of hydrogen-bond donors (Lipinski definition) is 1. The number of hydrogen-bond acceptors (Lipinski definition) is 4. The molecule has 0 bridgehead atoms. The molecular weight excluding hydrogens is 354 g/mol. The van der Waals surface area contributed by atoms with Crippen LogP contribution in [-0.4, -0.2) is 34.6 Å². The minimum Gasteiger partial charge on any atom is -0.483 e. The van der Waals surface area contributed by atoms with Gasteiger partial charge in [-0.3, -0.25) is 9.59 Å². The average molecular weight is 377 g/mol. The van der Waals surface area contributed by atoms with Crippen molar-refractivity contribution in [3.8, 4) is 5.75 Å². The summed E-state index contributed by atoms with van der Waals surface area (Å²) in [5.74, 6) is -0.337. The zero-order valence-electron chi connectivity index (χ0n) is 16.4. The van der Waals surface area contributed by atoms with Gasteiger partial charge in [-0.2, -0.15) is 10.1 Å². The first-order valence-electron chi connectivity index (χ1n) is 9.01. The van der Waals surface area contributed by atoms with Gasteiger partial charge in [0.2, 0.25) is 5.91 Å². The molecule has 144 valence electrons. The van der Waals surface area contributed by atoms with Gasteiger partial charge in [0.25, 0.3) is 5.91 Å². The van der Waals surface area contributed by atoms with Gasteiger partial charge >= 0.3 is 0 Å². The van der Waals surface area contributed by atoms with E-state index >= 15 is 0 Å². The summed E-state index contributed by atoms with van der Waals surface area (Å²) in [4.78, 5) is 27.6. The first-order chi connectivity index (χ1) is 13.4. The number of aryl methyl sites for hydroxylation is 3. The Morgan fingerprint density at radius 2 is 1.86 bits per heavy atom. The minimum atomic E-state index is -0.524. The van der Waals surface area contributed by atoms with Gasteiger partial charge in [-0.25, -0.2) is 0 Å². The van der Waals surface area contributed by atoms with E-state index < -0.39 is 11.8 Å².